The summed E-state index contributed by atoms with van der Waals surface area (Å²) in [5, 5.41) is 20.3. The average Bonchev–Trinajstić information content (AvgIpc) is 2.69. The molecule has 1 saturated heterocycles. The number of nitrogens with zero attached hydrogens (tertiary/aromatic N) is 3. The molecule has 0 aromatic heterocycles. The highest BCUT2D eigenvalue weighted by Crippen LogP contribution is 2.42. The maximum atomic E-state index is 11.1. The molecule has 0 aliphatic carbocycles. The molecule has 4 rings (SSSR count). The number of ether oxygens (including phenoxy) is 2. The van der Waals surface area contributed by atoms with Crippen LogP contribution >= 0.6 is 0 Å². The molecule has 1 fully saturated rings. The molecule has 1 spiro atoms. The Balaban J connectivity index is 1.47. The zero-order valence-corrected chi connectivity index (χ0v) is 14.8. The number of hydrogen-bond donors (Lipinski definition) is 0. The van der Waals surface area contributed by atoms with E-state index < -0.39 is 10.5 Å². The molecule has 138 valence electrons. The lowest BCUT2D eigenvalue weighted by atomic mass is 9.90. The summed E-state index contributed by atoms with van der Waals surface area (Å²) in [7, 11) is 0. The third-order valence-corrected chi connectivity index (χ3v) is 5.21. The van der Waals surface area contributed by atoms with E-state index in [9.17, 15) is 15.4 Å². The van der Waals surface area contributed by atoms with Crippen molar-refractivity contribution in [2.45, 2.75) is 25.0 Å². The molecule has 0 radical (unpaired) electrons. The summed E-state index contributed by atoms with van der Waals surface area (Å²) in [6.45, 7) is 3.03. The Bertz CT molecular complexity index is 899. The van der Waals surface area contributed by atoms with Gasteiger partial charge in [-0.15, -0.1) is 0 Å². The minimum atomic E-state index is -0.575. The van der Waals surface area contributed by atoms with Crippen molar-refractivity contribution < 1.29 is 14.4 Å². The van der Waals surface area contributed by atoms with Gasteiger partial charge in [0.25, 0.3) is 5.69 Å². The Hall–Kier alpha value is -3.11. The van der Waals surface area contributed by atoms with E-state index in [0.29, 0.717) is 18.1 Å². The molecule has 7 heteroatoms. The fourth-order valence-electron chi connectivity index (χ4n) is 3.66. The first-order chi connectivity index (χ1) is 13.1. The SMILES string of the molecule is N#Cc1cc2c(cc1[N+](=O)[O-])OCC1(CCN(Cc3ccccc3)CC1)O2. The molecular formula is C20H19N3O4. The largest absolute Gasteiger partial charge is 0.485 e. The lowest BCUT2D eigenvalue weighted by Crippen LogP contribution is -2.52. The van der Waals surface area contributed by atoms with E-state index in [-0.39, 0.29) is 11.3 Å². The van der Waals surface area contributed by atoms with Crippen LogP contribution in [0.4, 0.5) is 5.69 Å². The summed E-state index contributed by atoms with van der Waals surface area (Å²) in [6, 6.07) is 14.9. The van der Waals surface area contributed by atoms with E-state index in [1.807, 2.05) is 24.3 Å². The third-order valence-electron chi connectivity index (χ3n) is 5.21. The van der Waals surface area contributed by atoms with Crippen LogP contribution in [0.1, 0.15) is 24.0 Å². The number of hydrogen-bond acceptors (Lipinski definition) is 6. The lowest BCUT2D eigenvalue weighted by Gasteiger charge is -2.44. The van der Waals surface area contributed by atoms with Gasteiger partial charge in [0, 0.05) is 38.5 Å². The summed E-state index contributed by atoms with van der Waals surface area (Å²) >= 11 is 0. The van der Waals surface area contributed by atoms with Gasteiger partial charge in [-0.2, -0.15) is 5.26 Å². The van der Waals surface area contributed by atoms with Crippen molar-refractivity contribution in [2.75, 3.05) is 19.7 Å². The second-order valence-corrected chi connectivity index (χ2v) is 7.02. The predicted molar refractivity (Wildman–Crippen MR) is 97.6 cm³/mol. The van der Waals surface area contributed by atoms with E-state index in [1.54, 1.807) is 0 Å². The van der Waals surface area contributed by atoms with E-state index in [4.69, 9.17) is 9.47 Å². The van der Waals surface area contributed by atoms with Gasteiger partial charge < -0.3 is 9.47 Å². The molecule has 0 saturated carbocycles. The number of rotatable bonds is 3. The Labute approximate surface area is 156 Å². The smallest absolute Gasteiger partial charge is 0.291 e. The second-order valence-electron chi connectivity index (χ2n) is 7.02. The highest BCUT2D eigenvalue weighted by Gasteiger charge is 2.41. The number of nitro benzene ring substituents is 1. The number of nitriles is 1. The Morgan fingerprint density at radius 2 is 1.93 bits per heavy atom. The Morgan fingerprint density at radius 3 is 2.59 bits per heavy atom. The highest BCUT2D eigenvalue weighted by molar-refractivity contribution is 5.59. The van der Waals surface area contributed by atoms with Crippen LogP contribution in [0.15, 0.2) is 42.5 Å². The van der Waals surface area contributed by atoms with Crippen LogP contribution in [0, 0.1) is 21.4 Å². The van der Waals surface area contributed by atoms with Gasteiger partial charge in [-0.1, -0.05) is 30.3 Å². The Morgan fingerprint density at radius 1 is 1.19 bits per heavy atom. The number of fused-ring (bicyclic) bond motifs is 1. The standard InChI is InChI=1S/C20H19N3O4/c21-12-16-10-19-18(11-17(16)23(24)25)26-14-20(27-19)6-8-22(9-7-20)13-15-4-2-1-3-5-15/h1-5,10-11H,6-9,13-14H2. The van der Waals surface area contributed by atoms with Crippen molar-refractivity contribution in [3.05, 3.63) is 63.7 Å². The first-order valence-corrected chi connectivity index (χ1v) is 8.89. The van der Waals surface area contributed by atoms with Crippen LogP contribution < -0.4 is 9.47 Å². The summed E-state index contributed by atoms with van der Waals surface area (Å²) in [5.74, 6) is 0.748. The summed E-state index contributed by atoms with van der Waals surface area (Å²) in [5.41, 5.74) is 0.572. The van der Waals surface area contributed by atoms with Gasteiger partial charge in [-0.25, -0.2) is 0 Å². The van der Waals surface area contributed by atoms with Gasteiger partial charge in [0.15, 0.2) is 11.5 Å². The maximum absolute atomic E-state index is 11.1. The Kier molecular flexibility index (Phi) is 4.42. The molecule has 0 atom stereocenters. The molecule has 2 aliphatic heterocycles. The number of nitro groups is 1. The second kappa shape index (κ2) is 6.89. The van der Waals surface area contributed by atoms with Crippen LogP contribution in [0.25, 0.3) is 0 Å². The van der Waals surface area contributed by atoms with E-state index in [2.05, 4.69) is 17.0 Å². The molecule has 0 N–H and O–H groups in total. The zero-order valence-electron chi connectivity index (χ0n) is 14.8. The zero-order chi connectivity index (χ0) is 18.9. The molecule has 2 heterocycles. The van der Waals surface area contributed by atoms with Gasteiger partial charge in [0.2, 0.25) is 0 Å². The minimum absolute atomic E-state index is 0.0130. The predicted octanol–water partition coefficient (Wildman–Crippen LogP) is 3.27. The minimum Gasteiger partial charge on any atom is -0.485 e. The fraction of sp³-hybridized carbons (Fsp3) is 0.350. The van der Waals surface area contributed by atoms with Crippen LogP contribution in [0.3, 0.4) is 0 Å². The molecule has 27 heavy (non-hydrogen) atoms. The normalized spacial score (nSPS) is 18.0. The molecule has 7 nitrogen and oxygen atoms in total. The lowest BCUT2D eigenvalue weighted by molar-refractivity contribution is -0.385. The van der Waals surface area contributed by atoms with Gasteiger partial charge in [-0.3, -0.25) is 15.0 Å². The van der Waals surface area contributed by atoms with Crippen LogP contribution in [-0.4, -0.2) is 35.1 Å². The van der Waals surface area contributed by atoms with Gasteiger partial charge in [0.05, 0.1) is 11.0 Å². The van der Waals surface area contributed by atoms with Crippen molar-refractivity contribution in [3.8, 4) is 17.6 Å². The maximum Gasteiger partial charge on any atom is 0.291 e. The monoisotopic (exact) mass is 365 g/mol. The first kappa shape index (κ1) is 17.3. The molecular weight excluding hydrogens is 346 g/mol. The average molecular weight is 365 g/mol. The van der Waals surface area contributed by atoms with Crippen molar-refractivity contribution in [2.24, 2.45) is 0 Å². The molecule has 2 aromatic carbocycles. The molecule has 0 amide bonds. The number of piperidine rings is 1. The fourth-order valence-corrected chi connectivity index (χ4v) is 3.66. The van der Waals surface area contributed by atoms with Crippen LogP contribution in [0.5, 0.6) is 11.5 Å². The molecule has 0 bridgehead atoms. The quantitative estimate of drug-likeness (QED) is 0.613. The van der Waals surface area contributed by atoms with Gasteiger partial charge >= 0.3 is 0 Å². The van der Waals surface area contributed by atoms with Gasteiger partial charge in [0.1, 0.15) is 23.8 Å². The first-order valence-electron chi connectivity index (χ1n) is 8.89. The third kappa shape index (κ3) is 3.44. The molecule has 2 aromatic rings. The van der Waals surface area contributed by atoms with Crippen LogP contribution in [-0.2, 0) is 6.54 Å². The van der Waals surface area contributed by atoms with E-state index in [1.165, 1.54) is 17.7 Å². The number of benzene rings is 2. The van der Waals surface area contributed by atoms with E-state index in [0.717, 1.165) is 32.5 Å². The molecule has 0 unspecified atom stereocenters. The topological polar surface area (TPSA) is 88.6 Å². The van der Waals surface area contributed by atoms with Gasteiger partial charge in [-0.05, 0) is 5.56 Å². The highest BCUT2D eigenvalue weighted by atomic mass is 16.6. The van der Waals surface area contributed by atoms with Crippen molar-refractivity contribution in [1.82, 2.24) is 4.90 Å². The van der Waals surface area contributed by atoms with Crippen LogP contribution in [0.2, 0.25) is 0 Å². The van der Waals surface area contributed by atoms with Crippen molar-refractivity contribution in [3.63, 3.8) is 0 Å². The van der Waals surface area contributed by atoms with E-state index >= 15 is 0 Å². The van der Waals surface area contributed by atoms with Crippen molar-refractivity contribution >= 4 is 5.69 Å². The summed E-state index contributed by atoms with van der Waals surface area (Å²) in [6.07, 6.45) is 1.61. The van der Waals surface area contributed by atoms with Crippen molar-refractivity contribution in [1.29, 1.82) is 5.26 Å². The summed E-state index contributed by atoms with van der Waals surface area (Å²) < 4.78 is 12.0. The summed E-state index contributed by atoms with van der Waals surface area (Å²) in [4.78, 5) is 12.9. The molecule has 2 aliphatic rings. The number of likely N-dealkylation sites (tertiary alicyclic amines) is 1.